The summed E-state index contributed by atoms with van der Waals surface area (Å²) in [5, 5.41) is 3.21. The van der Waals surface area contributed by atoms with Gasteiger partial charge in [0.2, 0.25) is 11.9 Å². The molecule has 25 heavy (non-hydrogen) atoms. The number of carbonyl (C=O) groups is 1. The molecule has 0 bridgehead atoms. The molecule has 1 N–H and O–H groups in total. The molecule has 0 radical (unpaired) electrons. The number of carbonyl (C=O) groups excluding carboxylic acids is 1. The van der Waals surface area contributed by atoms with E-state index >= 15 is 0 Å². The number of nitrogens with one attached hydrogen (secondary N) is 1. The van der Waals surface area contributed by atoms with Gasteiger partial charge in [-0.05, 0) is 57.4 Å². The smallest absolute Gasteiger partial charge is 0.225 e. The molecule has 1 aromatic rings. The largest absolute Gasteiger partial charge is 0.356 e. The Morgan fingerprint density at radius 1 is 1.20 bits per heavy atom. The molecule has 1 saturated carbocycles. The van der Waals surface area contributed by atoms with Crippen LogP contribution in [0.3, 0.4) is 0 Å². The van der Waals surface area contributed by atoms with E-state index in [4.69, 9.17) is 4.98 Å². The number of nitrogens with zero attached hydrogens (tertiary/aromatic N) is 3. The Labute approximate surface area is 151 Å². The fraction of sp³-hybridized carbons (Fsp3) is 0.750. The first-order valence-electron chi connectivity index (χ1n) is 10.1. The average Bonchev–Trinajstić information content (AvgIpc) is 2.67. The number of amides is 1. The SMILES string of the molecule is CCN(CC)c1ncc2c(n1)CCC(C(=O)NCC1CCCCC1)C2. The van der Waals surface area contributed by atoms with Crippen LogP contribution in [0.15, 0.2) is 6.20 Å². The maximum Gasteiger partial charge on any atom is 0.225 e. The number of aryl methyl sites for hydroxylation is 1. The van der Waals surface area contributed by atoms with Crippen LogP contribution in [0.1, 0.15) is 63.6 Å². The van der Waals surface area contributed by atoms with Gasteiger partial charge in [0.15, 0.2) is 0 Å². The van der Waals surface area contributed by atoms with Gasteiger partial charge in [0, 0.05) is 37.4 Å². The van der Waals surface area contributed by atoms with Crippen LogP contribution in [0, 0.1) is 11.8 Å². The van der Waals surface area contributed by atoms with E-state index in [-0.39, 0.29) is 11.8 Å². The third-order valence-electron chi connectivity index (χ3n) is 5.84. The summed E-state index contributed by atoms with van der Waals surface area (Å²) in [5.41, 5.74) is 2.29. The highest BCUT2D eigenvalue weighted by Gasteiger charge is 2.27. The minimum Gasteiger partial charge on any atom is -0.356 e. The Balaban J connectivity index is 1.56. The van der Waals surface area contributed by atoms with E-state index in [2.05, 4.69) is 29.0 Å². The van der Waals surface area contributed by atoms with Gasteiger partial charge in [-0.1, -0.05) is 19.3 Å². The zero-order valence-electron chi connectivity index (χ0n) is 15.8. The van der Waals surface area contributed by atoms with Gasteiger partial charge < -0.3 is 10.2 Å². The summed E-state index contributed by atoms with van der Waals surface area (Å²) in [6.07, 6.45) is 11.1. The second kappa shape index (κ2) is 8.63. The summed E-state index contributed by atoms with van der Waals surface area (Å²) in [4.78, 5) is 24.0. The molecule has 138 valence electrons. The number of anilines is 1. The number of rotatable bonds is 6. The molecule has 5 nitrogen and oxygen atoms in total. The van der Waals surface area contributed by atoms with Gasteiger partial charge in [-0.2, -0.15) is 0 Å². The van der Waals surface area contributed by atoms with E-state index in [0.717, 1.165) is 56.1 Å². The Kier molecular flexibility index (Phi) is 6.27. The highest BCUT2D eigenvalue weighted by molar-refractivity contribution is 5.79. The van der Waals surface area contributed by atoms with Gasteiger partial charge in [-0.3, -0.25) is 4.79 Å². The Bertz CT molecular complexity index is 579. The maximum absolute atomic E-state index is 12.6. The Morgan fingerprint density at radius 3 is 2.68 bits per heavy atom. The van der Waals surface area contributed by atoms with Gasteiger partial charge in [-0.25, -0.2) is 9.97 Å². The second-order valence-corrected chi connectivity index (χ2v) is 7.50. The highest BCUT2D eigenvalue weighted by atomic mass is 16.1. The van der Waals surface area contributed by atoms with Crippen molar-refractivity contribution in [2.24, 2.45) is 11.8 Å². The van der Waals surface area contributed by atoms with Crippen LogP contribution in [-0.4, -0.2) is 35.5 Å². The van der Waals surface area contributed by atoms with Gasteiger partial charge in [0.1, 0.15) is 0 Å². The summed E-state index contributed by atoms with van der Waals surface area (Å²) in [5.74, 6) is 1.82. The van der Waals surface area contributed by atoms with Crippen molar-refractivity contribution in [3.8, 4) is 0 Å². The first-order valence-corrected chi connectivity index (χ1v) is 10.1. The molecule has 1 heterocycles. The van der Waals surface area contributed by atoms with Gasteiger partial charge in [0.05, 0.1) is 0 Å². The molecule has 1 fully saturated rings. The molecule has 1 amide bonds. The van der Waals surface area contributed by atoms with E-state index in [1.165, 1.54) is 32.1 Å². The van der Waals surface area contributed by atoms with Crippen LogP contribution in [0.2, 0.25) is 0 Å². The first kappa shape index (κ1) is 18.2. The molecular formula is C20H32N4O. The van der Waals surface area contributed by atoms with Crippen LogP contribution in [-0.2, 0) is 17.6 Å². The zero-order chi connectivity index (χ0) is 17.6. The standard InChI is InChI=1S/C20H32N4O/c1-3-24(4-2)20-22-14-17-12-16(10-11-18(17)23-20)19(25)21-13-15-8-6-5-7-9-15/h14-16H,3-13H2,1-2H3,(H,21,25). The molecule has 0 spiro atoms. The number of hydrogen-bond acceptors (Lipinski definition) is 4. The van der Waals surface area contributed by atoms with Gasteiger partial charge in [-0.15, -0.1) is 0 Å². The predicted molar refractivity (Wildman–Crippen MR) is 101 cm³/mol. The normalized spacial score (nSPS) is 20.8. The zero-order valence-corrected chi connectivity index (χ0v) is 15.8. The Morgan fingerprint density at radius 2 is 1.96 bits per heavy atom. The van der Waals surface area contributed by atoms with Crippen LogP contribution < -0.4 is 10.2 Å². The molecule has 0 aromatic carbocycles. The summed E-state index contributed by atoms with van der Waals surface area (Å²) >= 11 is 0. The molecule has 2 aliphatic carbocycles. The van der Waals surface area contributed by atoms with Crippen molar-refractivity contribution in [1.29, 1.82) is 0 Å². The van der Waals surface area contributed by atoms with Crippen molar-refractivity contribution < 1.29 is 4.79 Å². The molecule has 5 heteroatoms. The summed E-state index contributed by atoms with van der Waals surface area (Å²) < 4.78 is 0. The molecule has 3 rings (SSSR count). The van der Waals surface area contributed by atoms with Crippen molar-refractivity contribution in [2.45, 2.75) is 65.2 Å². The van der Waals surface area contributed by atoms with Crippen molar-refractivity contribution in [3.63, 3.8) is 0 Å². The molecule has 2 aliphatic rings. The van der Waals surface area contributed by atoms with E-state index in [0.29, 0.717) is 5.92 Å². The summed E-state index contributed by atoms with van der Waals surface area (Å²) in [6.45, 7) is 6.94. The summed E-state index contributed by atoms with van der Waals surface area (Å²) in [6, 6.07) is 0. The fourth-order valence-corrected chi connectivity index (χ4v) is 4.16. The minimum atomic E-state index is 0.0824. The monoisotopic (exact) mass is 344 g/mol. The number of fused-ring (bicyclic) bond motifs is 1. The van der Waals surface area contributed by atoms with Crippen molar-refractivity contribution in [1.82, 2.24) is 15.3 Å². The quantitative estimate of drug-likeness (QED) is 0.861. The van der Waals surface area contributed by atoms with Gasteiger partial charge >= 0.3 is 0 Å². The third-order valence-corrected chi connectivity index (χ3v) is 5.84. The second-order valence-electron chi connectivity index (χ2n) is 7.50. The molecule has 0 aliphatic heterocycles. The van der Waals surface area contributed by atoms with Crippen LogP contribution in [0.5, 0.6) is 0 Å². The van der Waals surface area contributed by atoms with E-state index in [1.54, 1.807) is 0 Å². The molecule has 1 unspecified atom stereocenters. The van der Waals surface area contributed by atoms with E-state index in [9.17, 15) is 4.79 Å². The maximum atomic E-state index is 12.6. The molecule has 1 aromatic heterocycles. The lowest BCUT2D eigenvalue weighted by molar-refractivity contribution is -0.125. The number of hydrogen-bond donors (Lipinski definition) is 1. The third kappa shape index (κ3) is 4.50. The lowest BCUT2D eigenvalue weighted by Crippen LogP contribution is -2.37. The molecule has 0 saturated heterocycles. The topological polar surface area (TPSA) is 58.1 Å². The van der Waals surface area contributed by atoms with E-state index in [1.807, 2.05) is 6.20 Å². The summed E-state index contributed by atoms with van der Waals surface area (Å²) in [7, 11) is 0. The molecule has 1 atom stereocenters. The predicted octanol–water partition coefficient (Wildman–Crippen LogP) is 3.12. The lowest BCUT2D eigenvalue weighted by Gasteiger charge is -2.27. The lowest BCUT2D eigenvalue weighted by atomic mass is 9.86. The number of aromatic nitrogens is 2. The van der Waals surface area contributed by atoms with Crippen LogP contribution >= 0.6 is 0 Å². The minimum absolute atomic E-state index is 0.0824. The van der Waals surface area contributed by atoms with Crippen molar-refractivity contribution in [3.05, 3.63) is 17.5 Å². The molecular weight excluding hydrogens is 312 g/mol. The van der Waals surface area contributed by atoms with Crippen LogP contribution in [0.25, 0.3) is 0 Å². The van der Waals surface area contributed by atoms with Crippen LogP contribution in [0.4, 0.5) is 5.95 Å². The fourth-order valence-electron chi connectivity index (χ4n) is 4.16. The Hall–Kier alpha value is -1.65. The van der Waals surface area contributed by atoms with Gasteiger partial charge in [0.25, 0.3) is 0 Å². The average molecular weight is 345 g/mol. The van der Waals surface area contributed by atoms with E-state index < -0.39 is 0 Å². The van der Waals surface area contributed by atoms with Crippen molar-refractivity contribution in [2.75, 3.05) is 24.5 Å². The first-order chi connectivity index (χ1) is 12.2. The van der Waals surface area contributed by atoms with Crippen molar-refractivity contribution >= 4 is 11.9 Å². The highest BCUT2D eigenvalue weighted by Crippen LogP contribution is 2.26.